The van der Waals surface area contributed by atoms with E-state index in [-0.39, 0.29) is 11.6 Å². The Kier molecular flexibility index (Phi) is 4.88. The summed E-state index contributed by atoms with van der Waals surface area (Å²) in [5, 5.41) is 3.33. The highest BCUT2D eigenvalue weighted by Gasteiger charge is 2.23. The molecule has 28 heavy (non-hydrogen) atoms. The number of nitrogens with one attached hydrogen (secondary N) is 1. The number of methoxy groups -OCH3 is 1. The van der Waals surface area contributed by atoms with Gasteiger partial charge < -0.3 is 15.0 Å². The number of halogens is 1. The number of anilines is 3. The Morgan fingerprint density at radius 3 is 2.82 bits per heavy atom. The predicted molar refractivity (Wildman–Crippen MR) is 110 cm³/mol. The summed E-state index contributed by atoms with van der Waals surface area (Å²) in [6.45, 7) is 2.60. The van der Waals surface area contributed by atoms with Crippen molar-refractivity contribution in [1.29, 1.82) is 0 Å². The summed E-state index contributed by atoms with van der Waals surface area (Å²) < 4.78 is 5.29. The Bertz CT molecular complexity index is 1050. The van der Waals surface area contributed by atoms with Crippen LogP contribution in [-0.2, 0) is 6.42 Å². The minimum atomic E-state index is -0.347. The number of hydrogen-bond acceptors (Lipinski definition) is 5. The van der Waals surface area contributed by atoms with Gasteiger partial charge >= 0.3 is 0 Å². The Hall–Kier alpha value is -3.12. The van der Waals surface area contributed by atoms with E-state index in [1.807, 2.05) is 12.1 Å². The number of carbonyl (C=O) groups is 1. The average molecular weight is 395 g/mol. The van der Waals surface area contributed by atoms with Crippen LogP contribution >= 0.6 is 11.6 Å². The molecule has 0 unspecified atom stereocenters. The maximum atomic E-state index is 12.8. The largest absolute Gasteiger partial charge is 0.495 e. The number of rotatable bonds is 4. The molecule has 0 radical (unpaired) electrons. The van der Waals surface area contributed by atoms with E-state index in [0.717, 1.165) is 18.7 Å². The maximum Gasteiger partial charge on any atom is 0.274 e. The maximum absolute atomic E-state index is 12.8. The van der Waals surface area contributed by atoms with Gasteiger partial charge in [0.25, 0.3) is 5.91 Å². The lowest BCUT2D eigenvalue weighted by Crippen LogP contribution is -2.19. The molecule has 1 N–H and O–H groups in total. The molecule has 4 rings (SSSR count). The number of amides is 1. The molecule has 3 aromatic rings. The highest BCUT2D eigenvalue weighted by atomic mass is 35.5. The summed E-state index contributed by atoms with van der Waals surface area (Å²) in [5.74, 6) is 1.42. The fourth-order valence-electron chi connectivity index (χ4n) is 3.35. The fourth-order valence-corrected chi connectivity index (χ4v) is 3.52. The summed E-state index contributed by atoms with van der Waals surface area (Å²) in [6.07, 6.45) is 0.945. The van der Waals surface area contributed by atoms with Crippen molar-refractivity contribution in [2.75, 3.05) is 23.9 Å². The molecule has 0 fully saturated rings. The first-order valence-electron chi connectivity index (χ1n) is 8.91. The van der Waals surface area contributed by atoms with E-state index >= 15 is 0 Å². The second-order valence-corrected chi connectivity index (χ2v) is 6.92. The Morgan fingerprint density at radius 2 is 2.00 bits per heavy atom. The van der Waals surface area contributed by atoms with Gasteiger partial charge in [0, 0.05) is 23.3 Å². The lowest BCUT2D eigenvalue weighted by molar-refractivity contribution is 0.102. The molecule has 1 aliphatic rings. The number of hydrogen-bond donors (Lipinski definition) is 1. The Balaban J connectivity index is 1.65. The smallest absolute Gasteiger partial charge is 0.274 e. The van der Waals surface area contributed by atoms with Crippen molar-refractivity contribution in [3.8, 4) is 5.75 Å². The second-order valence-electron chi connectivity index (χ2n) is 6.49. The molecule has 2 heterocycles. The van der Waals surface area contributed by atoms with Gasteiger partial charge in [-0.3, -0.25) is 4.79 Å². The molecule has 142 valence electrons. The van der Waals surface area contributed by atoms with Crippen molar-refractivity contribution in [1.82, 2.24) is 9.97 Å². The first kappa shape index (κ1) is 18.3. The molecular formula is C21H19ClN4O2. The zero-order chi connectivity index (χ0) is 19.7. The molecule has 2 aromatic carbocycles. The number of ether oxygens (including phenoxy) is 1. The number of benzene rings is 2. The van der Waals surface area contributed by atoms with Crippen molar-refractivity contribution in [2.45, 2.75) is 13.3 Å². The van der Waals surface area contributed by atoms with Gasteiger partial charge in [-0.2, -0.15) is 0 Å². The molecule has 0 saturated carbocycles. The molecule has 1 aliphatic heterocycles. The SMILES string of the molecule is COc1ccc(Cl)cc1NC(=O)c1cc(N2CCc3ccccc32)nc(C)n1. The second kappa shape index (κ2) is 7.48. The van der Waals surface area contributed by atoms with Gasteiger partial charge in [-0.1, -0.05) is 29.8 Å². The molecular weight excluding hydrogens is 376 g/mol. The van der Waals surface area contributed by atoms with Gasteiger partial charge in [-0.15, -0.1) is 0 Å². The summed E-state index contributed by atoms with van der Waals surface area (Å²) >= 11 is 6.05. The van der Waals surface area contributed by atoms with Crippen LogP contribution in [0, 0.1) is 6.92 Å². The third-order valence-electron chi connectivity index (χ3n) is 4.63. The van der Waals surface area contributed by atoms with Crippen LogP contribution in [0.5, 0.6) is 5.75 Å². The fraction of sp³-hybridized carbons (Fsp3) is 0.190. The van der Waals surface area contributed by atoms with Crippen LogP contribution in [0.3, 0.4) is 0 Å². The van der Waals surface area contributed by atoms with E-state index in [2.05, 4.69) is 32.3 Å². The molecule has 6 nitrogen and oxygen atoms in total. The van der Waals surface area contributed by atoms with Crippen LogP contribution in [0.1, 0.15) is 21.9 Å². The quantitative estimate of drug-likeness (QED) is 0.710. The first-order chi connectivity index (χ1) is 13.5. The van der Waals surface area contributed by atoms with Crippen LogP contribution in [-0.4, -0.2) is 29.5 Å². The number of para-hydroxylation sites is 1. The number of carbonyl (C=O) groups excluding carboxylic acids is 1. The lowest BCUT2D eigenvalue weighted by atomic mass is 10.2. The van der Waals surface area contributed by atoms with E-state index in [1.165, 1.54) is 12.7 Å². The zero-order valence-electron chi connectivity index (χ0n) is 15.6. The average Bonchev–Trinajstić information content (AvgIpc) is 3.12. The molecule has 0 aliphatic carbocycles. The third kappa shape index (κ3) is 3.51. The number of aromatic nitrogens is 2. The summed E-state index contributed by atoms with van der Waals surface area (Å²) in [4.78, 5) is 23.8. The van der Waals surface area contributed by atoms with Crippen molar-refractivity contribution < 1.29 is 9.53 Å². The van der Waals surface area contributed by atoms with Crippen LogP contribution in [0.15, 0.2) is 48.5 Å². The number of fused-ring (bicyclic) bond motifs is 1. The van der Waals surface area contributed by atoms with Crippen molar-refractivity contribution in [3.05, 3.63) is 70.6 Å². The molecule has 0 saturated heterocycles. The molecule has 1 aromatic heterocycles. The molecule has 1 amide bonds. The standard InChI is InChI=1S/C21H19ClN4O2/c1-13-23-17(21(27)25-16-11-15(22)7-8-19(16)28-2)12-20(24-13)26-10-9-14-5-3-4-6-18(14)26/h3-8,11-12H,9-10H2,1-2H3,(H,25,27). The summed E-state index contributed by atoms with van der Waals surface area (Å²) in [5.41, 5.74) is 3.16. The van der Waals surface area contributed by atoms with Crippen LogP contribution < -0.4 is 15.0 Å². The minimum absolute atomic E-state index is 0.286. The van der Waals surface area contributed by atoms with Gasteiger partial charge in [-0.25, -0.2) is 9.97 Å². The van der Waals surface area contributed by atoms with Crippen LogP contribution in [0.25, 0.3) is 0 Å². The van der Waals surface area contributed by atoms with E-state index in [1.54, 1.807) is 31.2 Å². The number of aryl methyl sites for hydroxylation is 1. The van der Waals surface area contributed by atoms with E-state index in [0.29, 0.717) is 28.1 Å². The Morgan fingerprint density at radius 1 is 1.18 bits per heavy atom. The van der Waals surface area contributed by atoms with E-state index in [9.17, 15) is 4.79 Å². The van der Waals surface area contributed by atoms with Crippen molar-refractivity contribution >= 4 is 34.7 Å². The van der Waals surface area contributed by atoms with Gasteiger partial charge in [-0.05, 0) is 43.2 Å². The zero-order valence-corrected chi connectivity index (χ0v) is 16.3. The van der Waals surface area contributed by atoms with E-state index < -0.39 is 0 Å². The highest BCUT2D eigenvalue weighted by Crippen LogP contribution is 2.33. The van der Waals surface area contributed by atoms with Crippen LogP contribution in [0.4, 0.5) is 17.2 Å². The summed E-state index contributed by atoms with van der Waals surface area (Å²) in [6, 6.07) is 15.0. The van der Waals surface area contributed by atoms with E-state index in [4.69, 9.17) is 16.3 Å². The Labute approximate surface area is 168 Å². The van der Waals surface area contributed by atoms with Crippen molar-refractivity contribution in [3.63, 3.8) is 0 Å². The third-order valence-corrected chi connectivity index (χ3v) is 4.87. The molecule has 7 heteroatoms. The highest BCUT2D eigenvalue weighted by molar-refractivity contribution is 6.31. The van der Waals surface area contributed by atoms with Gasteiger partial charge in [0.15, 0.2) is 0 Å². The lowest BCUT2D eigenvalue weighted by Gasteiger charge is -2.19. The molecule has 0 spiro atoms. The number of nitrogens with zero attached hydrogens (tertiary/aromatic N) is 3. The van der Waals surface area contributed by atoms with Gasteiger partial charge in [0.2, 0.25) is 0 Å². The normalized spacial score (nSPS) is 12.6. The first-order valence-corrected chi connectivity index (χ1v) is 9.29. The summed E-state index contributed by atoms with van der Waals surface area (Å²) in [7, 11) is 1.54. The van der Waals surface area contributed by atoms with Gasteiger partial charge in [0.1, 0.15) is 23.1 Å². The van der Waals surface area contributed by atoms with Crippen LogP contribution in [0.2, 0.25) is 5.02 Å². The van der Waals surface area contributed by atoms with Crippen molar-refractivity contribution in [2.24, 2.45) is 0 Å². The topological polar surface area (TPSA) is 67.3 Å². The molecule has 0 atom stereocenters. The molecule has 0 bridgehead atoms. The minimum Gasteiger partial charge on any atom is -0.495 e. The van der Waals surface area contributed by atoms with Gasteiger partial charge in [0.05, 0.1) is 12.8 Å². The monoisotopic (exact) mass is 394 g/mol. The predicted octanol–water partition coefficient (Wildman–Crippen LogP) is 4.39.